The standard InChI is InChI=1S/C15H13NO4/c1-3-19-15(18)12-8(2)11-13(20-12)9-6-4-5-7-10(9)16-14(11)17/h4-7H,3H2,1-2H3,(H,16,17). The van der Waals surface area contributed by atoms with Crippen LogP contribution in [0.2, 0.25) is 0 Å². The SMILES string of the molecule is CCOC(=O)c1oc2c(c1C)c(=O)[nH]c1ccccc12. The lowest BCUT2D eigenvalue weighted by Gasteiger charge is -1.98. The van der Waals surface area contributed by atoms with Gasteiger partial charge in [0.05, 0.1) is 17.5 Å². The lowest BCUT2D eigenvalue weighted by Crippen LogP contribution is -2.07. The maximum Gasteiger partial charge on any atom is 0.374 e. The van der Waals surface area contributed by atoms with Gasteiger partial charge in [-0.25, -0.2) is 4.79 Å². The molecular weight excluding hydrogens is 258 g/mol. The minimum atomic E-state index is -0.551. The van der Waals surface area contributed by atoms with E-state index in [1.807, 2.05) is 18.2 Å². The molecule has 3 aromatic rings. The van der Waals surface area contributed by atoms with Crippen LogP contribution in [0.3, 0.4) is 0 Å². The second kappa shape index (κ2) is 4.52. The number of rotatable bonds is 2. The smallest absolute Gasteiger partial charge is 0.374 e. The largest absolute Gasteiger partial charge is 0.460 e. The number of ether oxygens (including phenoxy) is 1. The van der Waals surface area contributed by atoms with Gasteiger partial charge in [-0.1, -0.05) is 12.1 Å². The van der Waals surface area contributed by atoms with Gasteiger partial charge >= 0.3 is 5.97 Å². The van der Waals surface area contributed by atoms with Crippen LogP contribution >= 0.6 is 0 Å². The maximum atomic E-state index is 12.1. The molecule has 0 fully saturated rings. The highest BCUT2D eigenvalue weighted by molar-refractivity contribution is 6.06. The van der Waals surface area contributed by atoms with E-state index >= 15 is 0 Å². The summed E-state index contributed by atoms with van der Waals surface area (Å²) >= 11 is 0. The van der Waals surface area contributed by atoms with E-state index in [9.17, 15) is 9.59 Å². The highest BCUT2D eigenvalue weighted by Gasteiger charge is 2.22. The molecule has 2 aromatic heterocycles. The van der Waals surface area contributed by atoms with Gasteiger partial charge in [0.15, 0.2) is 0 Å². The van der Waals surface area contributed by atoms with Crippen molar-refractivity contribution in [3.8, 4) is 0 Å². The Morgan fingerprint density at radius 3 is 2.85 bits per heavy atom. The number of hydrogen-bond acceptors (Lipinski definition) is 4. The molecule has 1 aromatic carbocycles. The molecule has 0 saturated carbocycles. The molecule has 0 radical (unpaired) electrons. The van der Waals surface area contributed by atoms with Gasteiger partial charge in [0.25, 0.3) is 5.56 Å². The van der Waals surface area contributed by atoms with E-state index in [0.29, 0.717) is 22.0 Å². The summed E-state index contributed by atoms with van der Waals surface area (Å²) in [4.78, 5) is 26.8. The molecule has 5 nitrogen and oxygen atoms in total. The fraction of sp³-hybridized carbons (Fsp3) is 0.200. The number of carbonyl (C=O) groups excluding carboxylic acids is 1. The van der Waals surface area contributed by atoms with Gasteiger partial charge in [-0.3, -0.25) is 4.79 Å². The molecule has 20 heavy (non-hydrogen) atoms. The highest BCUT2D eigenvalue weighted by atomic mass is 16.5. The molecule has 5 heteroatoms. The van der Waals surface area contributed by atoms with Crippen molar-refractivity contribution >= 4 is 27.8 Å². The Labute approximate surface area is 114 Å². The molecule has 0 spiro atoms. The predicted octanol–water partition coefficient (Wildman–Crippen LogP) is 2.76. The third kappa shape index (κ3) is 1.71. The third-order valence-electron chi connectivity index (χ3n) is 3.25. The van der Waals surface area contributed by atoms with Crippen LogP contribution in [0, 0.1) is 6.92 Å². The second-order valence-electron chi connectivity index (χ2n) is 4.48. The number of furan rings is 1. The summed E-state index contributed by atoms with van der Waals surface area (Å²) < 4.78 is 10.6. The molecule has 0 aliphatic heterocycles. The van der Waals surface area contributed by atoms with E-state index in [2.05, 4.69) is 4.98 Å². The van der Waals surface area contributed by atoms with Crippen molar-refractivity contribution in [1.29, 1.82) is 0 Å². The summed E-state index contributed by atoms with van der Waals surface area (Å²) in [5.41, 5.74) is 1.33. The van der Waals surface area contributed by atoms with E-state index in [1.54, 1.807) is 19.9 Å². The Morgan fingerprint density at radius 1 is 1.35 bits per heavy atom. The molecular formula is C15H13NO4. The number of carbonyl (C=O) groups is 1. The Morgan fingerprint density at radius 2 is 2.10 bits per heavy atom. The van der Waals surface area contributed by atoms with Gasteiger partial charge in [-0.05, 0) is 26.0 Å². The molecule has 0 unspecified atom stereocenters. The summed E-state index contributed by atoms with van der Waals surface area (Å²) in [7, 11) is 0. The average molecular weight is 271 g/mol. The van der Waals surface area contributed by atoms with Crippen LogP contribution in [0.15, 0.2) is 33.5 Å². The monoisotopic (exact) mass is 271 g/mol. The summed E-state index contributed by atoms with van der Waals surface area (Å²) in [5, 5.41) is 1.16. The van der Waals surface area contributed by atoms with E-state index < -0.39 is 5.97 Å². The molecule has 1 N–H and O–H groups in total. The van der Waals surface area contributed by atoms with Gasteiger partial charge in [0.1, 0.15) is 5.58 Å². The van der Waals surface area contributed by atoms with E-state index in [4.69, 9.17) is 9.15 Å². The predicted molar refractivity (Wildman–Crippen MR) is 75.0 cm³/mol. The Hall–Kier alpha value is -2.56. The lowest BCUT2D eigenvalue weighted by atomic mass is 10.1. The molecule has 102 valence electrons. The van der Waals surface area contributed by atoms with Crippen molar-refractivity contribution in [2.75, 3.05) is 6.61 Å². The quantitative estimate of drug-likeness (QED) is 0.727. The maximum absolute atomic E-state index is 12.1. The van der Waals surface area contributed by atoms with Crippen LogP contribution < -0.4 is 5.56 Å². The molecule has 3 rings (SSSR count). The number of aromatic nitrogens is 1. The van der Waals surface area contributed by atoms with Crippen LogP contribution in [0.25, 0.3) is 21.9 Å². The first-order valence-corrected chi connectivity index (χ1v) is 6.34. The topological polar surface area (TPSA) is 72.3 Å². The third-order valence-corrected chi connectivity index (χ3v) is 3.25. The van der Waals surface area contributed by atoms with Crippen LogP contribution in [0.4, 0.5) is 0 Å². The van der Waals surface area contributed by atoms with Crippen molar-refractivity contribution in [3.05, 3.63) is 45.9 Å². The molecule has 0 saturated heterocycles. The normalized spacial score (nSPS) is 11.1. The number of fused-ring (bicyclic) bond motifs is 3. The number of esters is 1. The summed E-state index contributed by atoms with van der Waals surface area (Å²) in [6.45, 7) is 3.66. The number of H-pyrrole nitrogens is 1. The van der Waals surface area contributed by atoms with Crippen molar-refractivity contribution in [2.24, 2.45) is 0 Å². The zero-order chi connectivity index (χ0) is 14.3. The minimum absolute atomic E-state index is 0.0868. The Balaban J connectivity index is 2.41. The van der Waals surface area contributed by atoms with Crippen molar-refractivity contribution in [3.63, 3.8) is 0 Å². The molecule has 0 bridgehead atoms. The number of pyridine rings is 1. The summed E-state index contributed by atoms with van der Waals surface area (Å²) in [6, 6.07) is 7.30. The zero-order valence-electron chi connectivity index (χ0n) is 11.1. The number of nitrogens with one attached hydrogen (secondary N) is 1. The molecule has 0 aliphatic rings. The first-order chi connectivity index (χ1) is 9.63. The minimum Gasteiger partial charge on any atom is -0.460 e. The molecule has 2 heterocycles. The number of benzene rings is 1. The van der Waals surface area contributed by atoms with Crippen LogP contribution in [-0.4, -0.2) is 17.6 Å². The Bertz CT molecular complexity index is 873. The van der Waals surface area contributed by atoms with Gasteiger partial charge in [0.2, 0.25) is 5.76 Å². The fourth-order valence-corrected chi connectivity index (χ4v) is 2.34. The van der Waals surface area contributed by atoms with Crippen molar-refractivity contribution < 1.29 is 13.9 Å². The van der Waals surface area contributed by atoms with Crippen molar-refractivity contribution in [2.45, 2.75) is 13.8 Å². The number of aromatic amines is 1. The van der Waals surface area contributed by atoms with Crippen LogP contribution in [-0.2, 0) is 4.74 Å². The van der Waals surface area contributed by atoms with E-state index in [0.717, 1.165) is 5.39 Å². The van der Waals surface area contributed by atoms with Gasteiger partial charge in [0, 0.05) is 10.9 Å². The van der Waals surface area contributed by atoms with Crippen molar-refractivity contribution in [1.82, 2.24) is 4.98 Å². The number of para-hydroxylation sites is 1. The first-order valence-electron chi connectivity index (χ1n) is 6.34. The lowest BCUT2D eigenvalue weighted by molar-refractivity contribution is 0.0491. The van der Waals surface area contributed by atoms with Gasteiger partial charge in [-0.2, -0.15) is 0 Å². The molecule has 0 amide bonds. The Kier molecular flexibility index (Phi) is 2.82. The molecule has 0 aliphatic carbocycles. The zero-order valence-corrected chi connectivity index (χ0v) is 11.1. The number of hydrogen-bond donors (Lipinski definition) is 1. The average Bonchev–Trinajstić information content (AvgIpc) is 2.78. The number of aryl methyl sites for hydroxylation is 1. The van der Waals surface area contributed by atoms with Crippen LogP contribution in [0.1, 0.15) is 23.0 Å². The van der Waals surface area contributed by atoms with Crippen LogP contribution in [0.5, 0.6) is 0 Å². The highest BCUT2D eigenvalue weighted by Crippen LogP contribution is 2.28. The van der Waals surface area contributed by atoms with E-state index in [1.165, 1.54) is 0 Å². The van der Waals surface area contributed by atoms with Gasteiger partial charge in [-0.15, -0.1) is 0 Å². The summed E-state index contributed by atoms with van der Waals surface area (Å²) in [5.74, 6) is -0.464. The fourth-order valence-electron chi connectivity index (χ4n) is 2.34. The van der Waals surface area contributed by atoms with Gasteiger partial charge < -0.3 is 14.1 Å². The molecule has 0 atom stereocenters. The first kappa shape index (κ1) is 12.5. The second-order valence-corrected chi connectivity index (χ2v) is 4.48. The summed E-state index contributed by atoms with van der Waals surface area (Å²) in [6.07, 6.45) is 0. The van der Waals surface area contributed by atoms with E-state index in [-0.39, 0.29) is 17.9 Å².